The van der Waals surface area contributed by atoms with Gasteiger partial charge in [0, 0.05) is 32.7 Å². The van der Waals surface area contributed by atoms with Gasteiger partial charge in [0.05, 0.1) is 24.5 Å². The van der Waals surface area contributed by atoms with Gasteiger partial charge in [0.25, 0.3) is 0 Å². The largest absolute Gasteiger partial charge is 2.00 e. The van der Waals surface area contributed by atoms with Gasteiger partial charge in [0.15, 0.2) is 0 Å². The van der Waals surface area contributed by atoms with Crippen LogP contribution in [0.2, 0.25) is 0 Å². The number of halogens is 1. The zero-order chi connectivity index (χ0) is 15.7. The molecule has 0 heterocycles. The third-order valence-electron chi connectivity index (χ3n) is 2.15. The summed E-state index contributed by atoms with van der Waals surface area (Å²) >= 11 is 0. The van der Waals surface area contributed by atoms with Gasteiger partial charge in [-0.15, -0.1) is 0 Å². The van der Waals surface area contributed by atoms with Gasteiger partial charge in [0.1, 0.15) is 0 Å². The molecule has 1 N–H and O–H groups in total. The Morgan fingerprint density at radius 2 is 0.958 bits per heavy atom. The molecule has 0 unspecified atom stereocenters. The first-order valence-corrected chi connectivity index (χ1v) is 5.46. The molecular weight excluding hydrogens is 442 g/mol. The second-order valence-electron chi connectivity index (χ2n) is 3.93. The maximum absolute atomic E-state index is 10.5. The summed E-state index contributed by atoms with van der Waals surface area (Å²) in [5, 5.41) is 39.8. The number of hydrogen-bond donors (Lipinski definition) is 1. The molecule has 24 heavy (non-hydrogen) atoms. The van der Waals surface area contributed by atoms with Crippen molar-refractivity contribution in [2.24, 2.45) is 0 Å². The van der Waals surface area contributed by atoms with Crippen molar-refractivity contribution in [2.45, 2.75) is 0 Å². The topological polar surface area (TPSA) is 164 Å². The van der Waals surface area contributed by atoms with E-state index in [-0.39, 0.29) is 127 Å². The minimum atomic E-state index is -1.52. The minimum Gasteiger partial charge on any atom is -1.00 e. The first-order chi connectivity index (χ1) is 9.20. The zero-order valence-electron chi connectivity index (χ0n) is 13.5. The molecular formula is C10H13BrCaN2Na2O8. The molecule has 14 heteroatoms. The first kappa shape index (κ1) is 36.5. The third-order valence-corrected chi connectivity index (χ3v) is 2.15. The molecule has 0 aliphatic carbocycles. The van der Waals surface area contributed by atoms with Gasteiger partial charge >= 0.3 is 103 Å². The number of nitrogens with zero attached hydrogens (tertiary/aromatic N) is 2. The van der Waals surface area contributed by atoms with Crippen LogP contribution >= 0.6 is 0 Å². The minimum absolute atomic E-state index is 0. The Hall–Kier alpha value is 1.54. The number of carboxylic acid groups (broad SMARTS) is 4. The van der Waals surface area contributed by atoms with Crippen LogP contribution in [0.15, 0.2) is 0 Å². The Labute approximate surface area is 223 Å². The molecule has 0 radical (unpaired) electrons. The summed E-state index contributed by atoms with van der Waals surface area (Å²) < 4.78 is 0. The quantitative estimate of drug-likeness (QED) is 0.296. The Balaban J connectivity index is -0.000000301. The van der Waals surface area contributed by atoms with E-state index in [1.807, 2.05) is 0 Å². The molecule has 10 nitrogen and oxygen atoms in total. The summed E-state index contributed by atoms with van der Waals surface area (Å²) in [4.78, 5) is 43.7. The molecule has 0 amide bonds. The van der Waals surface area contributed by atoms with E-state index >= 15 is 0 Å². The Morgan fingerprint density at radius 1 is 0.708 bits per heavy atom. The fourth-order valence-electron chi connectivity index (χ4n) is 1.45. The molecule has 0 aromatic rings. The first-order valence-electron chi connectivity index (χ1n) is 5.46. The molecule has 0 atom stereocenters. The van der Waals surface area contributed by atoms with Crippen molar-refractivity contribution in [1.29, 1.82) is 0 Å². The van der Waals surface area contributed by atoms with Crippen LogP contribution in [-0.4, -0.2) is 116 Å². The normalized spacial score (nSPS) is 8.92. The molecule has 0 aliphatic heterocycles. The van der Waals surface area contributed by atoms with Crippen molar-refractivity contribution in [1.82, 2.24) is 9.80 Å². The standard InChI is InChI=1S/C10H16N2O8.BrH.Ca.2Na/c13-7(14)3-11(4-8(15)16)1-2-12(5-9(17)18)6-10(19)20;;;;/h1-6H2,(H,13,14)(H,15,16)(H,17,18)(H,19,20);1H;;;/q;;+2;2*+1/p-4. The number of carbonyl (C=O) groups is 4. The summed E-state index contributed by atoms with van der Waals surface area (Å²) in [6.07, 6.45) is 0. The molecule has 0 spiro atoms. The Morgan fingerprint density at radius 3 is 1.17 bits per heavy atom. The molecule has 0 aromatic heterocycles. The second kappa shape index (κ2) is 20.8. The van der Waals surface area contributed by atoms with E-state index in [9.17, 15) is 34.5 Å². The van der Waals surface area contributed by atoms with Crippen molar-refractivity contribution < 1.29 is 116 Å². The van der Waals surface area contributed by atoms with Crippen molar-refractivity contribution in [3.63, 3.8) is 0 Å². The van der Waals surface area contributed by atoms with Gasteiger partial charge in [-0.05, 0) is 0 Å². The van der Waals surface area contributed by atoms with E-state index in [0.717, 1.165) is 9.80 Å². The smallest absolute Gasteiger partial charge is 1.00 e. The molecule has 0 fully saturated rings. The van der Waals surface area contributed by atoms with Crippen molar-refractivity contribution in [2.75, 3.05) is 39.3 Å². The molecule has 0 saturated heterocycles. The van der Waals surface area contributed by atoms with E-state index < -0.39 is 50.1 Å². The van der Waals surface area contributed by atoms with Gasteiger partial charge in [-0.2, -0.15) is 0 Å². The monoisotopic (exact) mass is 454 g/mol. The average molecular weight is 455 g/mol. The predicted molar refractivity (Wildman–Crippen MR) is 61.3 cm³/mol. The summed E-state index contributed by atoms with van der Waals surface area (Å²) in [6, 6.07) is 0. The van der Waals surface area contributed by atoms with Crippen molar-refractivity contribution >= 4 is 61.6 Å². The molecule has 122 valence electrons. The van der Waals surface area contributed by atoms with Gasteiger partial charge in [-0.1, -0.05) is 0 Å². The van der Waals surface area contributed by atoms with E-state index in [1.54, 1.807) is 0 Å². The van der Waals surface area contributed by atoms with Crippen LogP contribution in [0.1, 0.15) is 0 Å². The average Bonchev–Trinajstić information content (AvgIpc) is 2.22. The maximum atomic E-state index is 10.5. The number of aliphatic carboxylic acids is 4. The summed E-state index contributed by atoms with van der Waals surface area (Å²) in [7, 11) is 0. The van der Waals surface area contributed by atoms with Crippen molar-refractivity contribution in [3.8, 4) is 0 Å². The predicted octanol–water partition coefficient (Wildman–Crippen LogP) is -15.4. The third kappa shape index (κ3) is 23.5. The number of rotatable bonds is 11. The number of hydrogen-bond acceptors (Lipinski definition) is 9. The van der Waals surface area contributed by atoms with Crippen molar-refractivity contribution in [3.05, 3.63) is 0 Å². The zero-order valence-corrected chi connectivity index (χ0v) is 21.3. The van der Waals surface area contributed by atoms with Crippen LogP contribution in [0.3, 0.4) is 0 Å². The summed E-state index contributed by atoms with van der Waals surface area (Å²) in [5.41, 5.74) is 0. The summed E-state index contributed by atoms with van der Waals surface area (Å²) in [6.45, 7) is -3.00. The molecule has 0 aromatic carbocycles. The van der Waals surface area contributed by atoms with Crippen LogP contribution in [0.4, 0.5) is 0 Å². The number of carboxylic acids is 4. The van der Waals surface area contributed by atoms with Crippen LogP contribution in [0, 0.1) is 0 Å². The maximum Gasteiger partial charge on any atom is 2.00 e. The fraction of sp³-hybridized carbons (Fsp3) is 0.600. The SMILES string of the molecule is O=C([O-])CN(CCN(CC(=O)[O-])CC(=O)O)CC(=O)[O-].[Br-].[Ca+2].[Na+].[Na+]. The van der Waals surface area contributed by atoms with Crippen LogP contribution in [-0.2, 0) is 19.2 Å². The van der Waals surface area contributed by atoms with Gasteiger partial charge < -0.3 is 51.8 Å². The van der Waals surface area contributed by atoms with E-state index in [2.05, 4.69) is 0 Å². The molecule has 0 aliphatic rings. The molecule has 0 rings (SSSR count). The van der Waals surface area contributed by atoms with Crippen LogP contribution in [0.5, 0.6) is 0 Å². The molecule has 0 bridgehead atoms. The molecule has 0 saturated carbocycles. The van der Waals surface area contributed by atoms with E-state index in [4.69, 9.17) is 5.11 Å². The Bertz CT molecular complexity index is 337. The van der Waals surface area contributed by atoms with Gasteiger partial charge in [-0.3, -0.25) is 14.6 Å². The second-order valence-corrected chi connectivity index (χ2v) is 3.93. The van der Waals surface area contributed by atoms with E-state index in [0.29, 0.717) is 0 Å². The van der Waals surface area contributed by atoms with Crippen LogP contribution in [0.25, 0.3) is 0 Å². The van der Waals surface area contributed by atoms with Gasteiger partial charge in [0.2, 0.25) is 0 Å². The van der Waals surface area contributed by atoms with Gasteiger partial charge in [-0.25, -0.2) is 0 Å². The Kier molecular flexibility index (Phi) is 31.7. The summed E-state index contributed by atoms with van der Waals surface area (Å²) in [5.74, 6) is -5.82. The number of carbonyl (C=O) groups excluding carboxylic acids is 3. The fourth-order valence-corrected chi connectivity index (χ4v) is 1.45. The van der Waals surface area contributed by atoms with Crippen LogP contribution < -0.4 is 91.4 Å². The van der Waals surface area contributed by atoms with E-state index in [1.165, 1.54) is 0 Å².